The Bertz CT molecular complexity index is 1160. The first kappa shape index (κ1) is 28.4. The van der Waals surface area contributed by atoms with E-state index in [9.17, 15) is 34.7 Å². The number of nitro groups is 1. The van der Waals surface area contributed by atoms with Gasteiger partial charge < -0.3 is 24.4 Å². The van der Waals surface area contributed by atoms with Crippen molar-refractivity contribution in [2.24, 2.45) is 0 Å². The standard InChI is InChI=1S/C27H31NO10/c1-2-4-21-23(37-16-3-15-36-19-7-5-18(6-8-19)28(34)35)10-9-20-22(29)17-27(38-26(20)21,13-11-24(30)31)14-12-25(32)33/h5-10H,2-4,11-17H2,1H3,(H,30,31)(H,32,33). The first-order valence-electron chi connectivity index (χ1n) is 12.5. The van der Waals surface area contributed by atoms with E-state index >= 15 is 0 Å². The van der Waals surface area contributed by atoms with Crippen LogP contribution >= 0.6 is 0 Å². The Morgan fingerprint density at radius 1 is 1.03 bits per heavy atom. The van der Waals surface area contributed by atoms with Crippen LogP contribution in [0.2, 0.25) is 0 Å². The molecule has 0 atom stereocenters. The van der Waals surface area contributed by atoms with Gasteiger partial charge in [0.1, 0.15) is 22.8 Å². The Balaban J connectivity index is 1.72. The van der Waals surface area contributed by atoms with E-state index in [2.05, 4.69) is 0 Å². The van der Waals surface area contributed by atoms with E-state index in [1.54, 1.807) is 12.1 Å². The highest BCUT2D eigenvalue weighted by Crippen LogP contribution is 2.44. The van der Waals surface area contributed by atoms with Crippen molar-refractivity contribution in [3.8, 4) is 17.2 Å². The number of carbonyl (C=O) groups excluding carboxylic acids is 1. The number of rotatable bonds is 15. The van der Waals surface area contributed by atoms with Gasteiger partial charge in [-0.15, -0.1) is 0 Å². The molecule has 0 unspecified atom stereocenters. The van der Waals surface area contributed by atoms with E-state index in [-0.39, 0.29) is 43.6 Å². The first-order chi connectivity index (χ1) is 18.1. The van der Waals surface area contributed by atoms with Crippen molar-refractivity contribution in [3.05, 3.63) is 57.6 Å². The van der Waals surface area contributed by atoms with Crippen LogP contribution in [-0.4, -0.2) is 51.7 Å². The predicted molar refractivity (Wildman–Crippen MR) is 135 cm³/mol. The van der Waals surface area contributed by atoms with Gasteiger partial charge in [0.25, 0.3) is 5.69 Å². The topological polar surface area (TPSA) is 162 Å². The monoisotopic (exact) mass is 529 g/mol. The third-order valence-corrected chi connectivity index (χ3v) is 6.27. The number of benzene rings is 2. The van der Waals surface area contributed by atoms with Gasteiger partial charge >= 0.3 is 11.9 Å². The average Bonchev–Trinajstić information content (AvgIpc) is 2.87. The van der Waals surface area contributed by atoms with E-state index in [1.165, 1.54) is 24.3 Å². The molecule has 11 heteroatoms. The van der Waals surface area contributed by atoms with Crippen molar-refractivity contribution >= 4 is 23.4 Å². The first-order valence-corrected chi connectivity index (χ1v) is 12.5. The van der Waals surface area contributed by atoms with Crippen LogP contribution in [0.4, 0.5) is 5.69 Å². The number of carboxylic acid groups (broad SMARTS) is 2. The Kier molecular flexibility index (Phi) is 9.64. The van der Waals surface area contributed by atoms with Crippen LogP contribution in [0.1, 0.15) is 67.8 Å². The van der Waals surface area contributed by atoms with Crippen molar-refractivity contribution in [1.29, 1.82) is 0 Å². The van der Waals surface area contributed by atoms with Crippen LogP contribution in [0.5, 0.6) is 17.2 Å². The maximum Gasteiger partial charge on any atom is 0.303 e. The normalized spacial score (nSPS) is 13.8. The fraction of sp³-hybridized carbons (Fsp3) is 0.444. The predicted octanol–water partition coefficient (Wildman–Crippen LogP) is 4.83. The minimum Gasteiger partial charge on any atom is -0.493 e. The van der Waals surface area contributed by atoms with Crippen molar-refractivity contribution in [2.75, 3.05) is 13.2 Å². The van der Waals surface area contributed by atoms with Crippen LogP contribution in [0.3, 0.4) is 0 Å². The van der Waals surface area contributed by atoms with Gasteiger partial charge in [-0.2, -0.15) is 0 Å². The van der Waals surface area contributed by atoms with Gasteiger partial charge in [0.15, 0.2) is 5.78 Å². The molecule has 0 aromatic heterocycles. The molecule has 0 fully saturated rings. The summed E-state index contributed by atoms with van der Waals surface area (Å²) in [5, 5.41) is 29.2. The number of non-ortho nitro benzene ring substituents is 1. The number of aliphatic carboxylic acids is 2. The van der Waals surface area contributed by atoms with Crippen LogP contribution < -0.4 is 14.2 Å². The number of nitro benzene ring substituents is 1. The minimum absolute atomic E-state index is 0.0113. The van der Waals surface area contributed by atoms with Crippen molar-refractivity contribution < 1.29 is 43.7 Å². The largest absolute Gasteiger partial charge is 0.493 e. The molecule has 2 aromatic rings. The molecule has 11 nitrogen and oxygen atoms in total. The molecule has 204 valence electrons. The van der Waals surface area contributed by atoms with E-state index in [0.717, 1.165) is 6.42 Å². The van der Waals surface area contributed by atoms with Gasteiger partial charge in [0.05, 0.1) is 30.1 Å². The molecule has 3 rings (SSSR count). The second-order valence-electron chi connectivity index (χ2n) is 9.14. The number of hydrogen-bond acceptors (Lipinski definition) is 8. The van der Waals surface area contributed by atoms with Gasteiger partial charge in [-0.1, -0.05) is 13.3 Å². The lowest BCUT2D eigenvalue weighted by Crippen LogP contribution is -2.43. The summed E-state index contributed by atoms with van der Waals surface area (Å²) in [5.41, 5.74) is -0.180. The number of hydrogen-bond donors (Lipinski definition) is 2. The molecule has 0 saturated carbocycles. The zero-order valence-corrected chi connectivity index (χ0v) is 21.1. The number of ether oxygens (including phenoxy) is 3. The molecule has 0 bridgehead atoms. The zero-order chi connectivity index (χ0) is 27.7. The van der Waals surface area contributed by atoms with Crippen LogP contribution in [0.25, 0.3) is 0 Å². The third-order valence-electron chi connectivity index (χ3n) is 6.27. The second kappa shape index (κ2) is 12.9. The van der Waals surface area contributed by atoms with E-state index in [4.69, 9.17) is 14.2 Å². The quantitative estimate of drug-likeness (QED) is 0.186. The van der Waals surface area contributed by atoms with Crippen LogP contribution in [0, 0.1) is 10.1 Å². The fourth-order valence-electron chi connectivity index (χ4n) is 4.38. The fourth-order valence-corrected chi connectivity index (χ4v) is 4.38. The molecule has 1 aliphatic rings. The molecule has 1 aliphatic heterocycles. The highest BCUT2D eigenvalue weighted by Gasteiger charge is 2.42. The van der Waals surface area contributed by atoms with Crippen molar-refractivity contribution in [1.82, 2.24) is 0 Å². The van der Waals surface area contributed by atoms with Gasteiger partial charge in [-0.25, -0.2) is 0 Å². The zero-order valence-electron chi connectivity index (χ0n) is 21.1. The van der Waals surface area contributed by atoms with Gasteiger partial charge in [0.2, 0.25) is 0 Å². The molecule has 1 heterocycles. The molecule has 0 amide bonds. The van der Waals surface area contributed by atoms with E-state index in [0.29, 0.717) is 54.4 Å². The molecule has 2 N–H and O–H groups in total. The van der Waals surface area contributed by atoms with Crippen LogP contribution in [-0.2, 0) is 16.0 Å². The molecule has 2 aromatic carbocycles. The lowest BCUT2D eigenvalue weighted by atomic mass is 9.82. The average molecular weight is 530 g/mol. The molecular formula is C27H31NO10. The molecule has 0 saturated heterocycles. The van der Waals surface area contributed by atoms with Gasteiger partial charge in [-0.3, -0.25) is 24.5 Å². The summed E-state index contributed by atoms with van der Waals surface area (Å²) in [6, 6.07) is 9.12. The molecule has 0 radical (unpaired) electrons. The summed E-state index contributed by atoms with van der Waals surface area (Å²) < 4.78 is 17.9. The van der Waals surface area contributed by atoms with Crippen molar-refractivity contribution in [3.63, 3.8) is 0 Å². The third kappa shape index (κ3) is 7.44. The summed E-state index contributed by atoms with van der Waals surface area (Å²) in [7, 11) is 0. The Labute approximate surface area is 219 Å². The summed E-state index contributed by atoms with van der Waals surface area (Å²) in [5.74, 6) is -0.962. The minimum atomic E-state index is -1.22. The molecular weight excluding hydrogens is 498 g/mol. The maximum atomic E-state index is 13.1. The van der Waals surface area contributed by atoms with Crippen LogP contribution in [0.15, 0.2) is 36.4 Å². The molecule has 0 spiro atoms. The van der Waals surface area contributed by atoms with Crippen molar-refractivity contribution in [2.45, 2.75) is 63.9 Å². The van der Waals surface area contributed by atoms with Gasteiger partial charge in [-0.05, 0) is 43.5 Å². The number of carboxylic acids is 2. The van der Waals surface area contributed by atoms with E-state index < -0.39 is 22.5 Å². The molecule has 0 aliphatic carbocycles. The molecule has 38 heavy (non-hydrogen) atoms. The Morgan fingerprint density at radius 3 is 2.24 bits per heavy atom. The lowest BCUT2D eigenvalue weighted by molar-refractivity contribution is -0.384. The summed E-state index contributed by atoms with van der Waals surface area (Å²) in [6.07, 6.45) is 1.21. The number of Topliss-reactive ketones (excluding diaryl/α,β-unsaturated/α-hetero) is 1. The number of fused-ring (bicyclic) bond motifs is 1. The SMILES string of the molecule is CCCc1c(OCCCOc2ccc([N+](=O)[O-])cc2)ccc2c1OC(CCC(=O)O)(CCC(=O)O)CC2=O. The van der Waals surface area contributed by atoms with Gasteiger partial charge in [0, 0.05) is 37.0 Å². The number of ketones is 1. The summed E-state index contributed by atoms with van der Waals surface area (Å²) in [6.45, 7) is 2.57. The number of nitrogens with zero attached hydrogens (tertiary/aromatic N) is 1. The second-order valence-corrected chi connectivity index (χ2v) is 9.14. The highest BCUT2D eigenvalue weighted by molar-refractivity contribution is 6.01. The Hall–Kier alpha value is -4.15. The summed E-state index contributed by atoms with van der Waals surface area (Å²) >= 11 is 0. The maximum absolute atomic E-state index is 13.1. The lowest BCUT2D eigenvalue weighted by Gasteiger charge is -2.39. The van der Waals surface area contributed by atoms with E-state index in [1.807, 2.05) is 6.92 Å². The Morgan fingerprint density at radius 2 is 1.66 bits per heavy atom. The summed E-state index contributed by atoms with van der Waals surface area (Å²) in [4.78, 5) is 45.9. The number of carbonyl (C=O) groups is 3. The highest BCUT2D eigenvalue weighted by atomic mass is 16.6. The smallest absolute Gasteiger partial charge is 0.303 e.